The van der Waals surface area contributed by atoms with Gasteiger partial charge in [-0.25, -0.2) is 9.59 Å². The number of ether oxygens (including phenoxy) is 2. The Labute approximate surface area is 209 Å². The van der Waals surface area contributed by atoms with Crippen LogP contribution in [0.25, 0.3) is 0 Å². The molecule has 6 unspecified atom stereocenters. The third-order valence-electron chi connectivity index (χ3n) is 7.67. The van der Waals surface area contributed by atoms with E-state index in [4.69, 9.17) is 9.47 Å². The van der Waals surface area contributed by atoms with E-state index in [1.54, 1.807) is 24.3 Å². The minimum Gasteiger partial charge on any atom is -0.458 e. The number of rotatable bonds is 4. The van der Waals surface area contributed by atoms with Gasteiger partial charge in [0, 0.05) is 36.8 Å². The summed E-state index contributed by atoms with van der Waals surface area (Å²) in [4.78, 5) is 46.7. The molecule has 0 bridgehead atoms. The molecule has 6 rings (SSSR count). The molecular formula is C28H30N2O6. The van der Waals surface area contributed by atoms with Crippen LogP contribution in [0.3, 0.4) is 0 Å². The lowest BCUT2D eigenvalue weighted by molar-refractivity contribution is -0.123. The van der Waals surface area contributed by atoms with E-state index in [0.29, 0.717) is 24.1 Å². The summed E-state index contributed by atoms with van der Waals surface area (Å²) in [5, 5.41) is 5.76. The molecule has 2 aromatic carbocycles. The maximum atomic E-state index is 11.9. The Bertz CT molecular complexity index is 1070. The van der Waals surface area contributed by atoms with E-state index in [1.165, 1.54) is 0 Å². The summed E-state index contributed by atoms with van der Waals surface area (Å²) in [7, 11) is 0. The average molecular weight is 491 g/mol. The van der Waals surface area contributed by atoms with Crippen molar-refractivity contribution >= 4 is 23.8 Å². The highest BCUT2D eigenvalue weighted by Crippen LogP contribution is 2.37. The lowest BCUT2D eigenvalue weighted by Gasteiger charge is -2.17. The molecular weight excluding hydrogens is 460 g/mol. The zero-order valence-corrected chi connectivity index (χ0v) is 19.9. The molecule has 2 saturated carbocycles. The Balaban J connectivity index is 0.000000148. The van der Waals surface area contributed by atoms with Crippen LogP contribution in [0.1, 0.15) is 52.8 Å². The van der Waals surface area contributed by atoms with Crippen molar-refractivity contribution in [2.24, 2.45) is 17.8 Å². The van der Waals surface area contributed by atoms with Crippen molar-refractivity contribution in [1.29, 1.82) is 0 Å². The second-order valence-corrected chi connectivity index (χ2v) is 9.83. The Morgan fingerprint density at radius 3 is 1.89 bits per heavy atom. The van der Waals surface area contributed by atoms with E-state index in [0.717, 1.165) is 25.7 Å². The highest BCUT2D eigenvalue weighted by Gasteiger charge is 2.46. The number of carbonyl (C=O) groups excluding carboxylic acids is 4. The summed E-state index contributed by atoms with van der Waals surface area (Å²) in [5.41, 5.74) is 1.14. The molecule has 4 fully saturated rings. The largest absolute Gasteiger partial charge is 0.458 e. The average Bonchev–Trinajstić information content (AvgIpc) is 3.66. The summed E-state index contributed by atoms with van der Waals surface area (Å²) in [6.45, 7) is 0.635. The maximum Gasteiger partial charge on any atom is 0.338 e. The van der Waals surface area contributed by atoms with Gasteiger partial charge in [0.1, 0.15) is 12.2 Å². The standard InChI is InChI=1S/2C14H15NO3/c16-13-8-10-11(15-13)6-7-12(10)18-14(17)9-4-2-1-3-5-9;16-13-10-6-7-12(11(10)8-15-13)18-14(17)9-4-2-1-3-5-9/h2*1-5,10-12H,6-8H2,(H,15,16). The Kier molecular flexibility index (Phi) is 7.02. The number of esters is 2. The molecule has 2 aliphatic heterocycles. The SMILES string of the molecule is O=C(OC1CCC2C(=O)NCC12)c1ccccc1.O=C1CC2C(CCC2OC(=O)c2ccccc2)N1. The molecule has 4 aliphatic rings. The normalized spacial score (nSPS) is 29.8. The number of fused-ring (bicyclic) bond motifs is 2. The number of hydrogen-bond donors (Lipinski definition) is 2. The Hall–Kier alpha value is -3.68. The van der Waals surface area contributed by atoms with Crippen LogP contribution in [-0.4, -0.2) is 48.5 Å². The number of amides is 2. The van der Waals surface area contributed by atoms with Gasteiger partial charge in [-0.05, 0) is 49.9 Å². The second-order valence-electron chi connectivity index (χ2n) is 9.83. The molecule has 36 heavy (non-hydrogen) atoms. The van der Waals surface area contributed by atoms with Gasteiger partial charge in [0.05, 0.1) is 11.1 Å². The molecule has 8 nitrogen and oxygen atoms in total. The molecule has 188 valence electrons. The molecule has 0 radical (unpaired) electrons. The van der Waals surface area contributed by atoms with E-state index >= 15 is 0 Å². The third-order valence-corrected chi connectivity index (χ3v) is 7.67. The summed E-state index contributed by atoms with van der Waals surface area (Å²) in [6, 6.07) is 18.2. The second kappa shape index (κ2) is 10.5. The van der Waals surface area contributed by atoms with Gasteiger partial charge < -0.3 is 20.1 Å². The van der Waals surface area contributed by atoms with Gasteiger partial charge in [0.2, 0.25) is 11.8 Å². The highest BCUT2D eigenvalue weighted by atomic mass is 16.5. The van der Waals surface area contributed by atoms with Crippen molar-refractivity contribution in [2.45, 2.75) is 50.4 Å². The van der Waals surface area contributed by atoms with Crippen molar-refractivity contribution in [3.63, 3.8) is 0 Å². The van der Waals surface area contributed by atoms with Crippen LogP contribution in [-0.2, 0) is 19.1 Å². The number of benzene rings is 2. The van der Waals surface area contributed by atoms with Crippen LogP contribution in [0.2, 0.25) is 0 Å². The van der Waals surface area contributed by atoms with Crippen LogP contribution in [0.15, 0.2) is 60.7 Å². The van der Waals surface area contributed by atoms with Crippen molar-refractivity contribution < 1.29 is 28.7 Å². The topological polar surface area (TPSA) is 111 Å². The first-order valence-corrected chi connectivity index (χ1v) is 12.6. The van der Waals surface area contributed by atoms with Gasteiger partial charge >= 0.3 is 11.9 Å². The predicted molar refractivity (Wildman–Crippen MR) is 130 cm³/mol. The van der Waals surface area contributed by atoms with Crippen molar-refractivity contribution in [3.8, 4) is 0 Å². The molecule has 2 amide bonds. The number of hydrogen-bond acceptors (Lipinski definition) is 6. The van der Waals surface area contributed by atoms with Gasteiger partial charge in [0.25, 0.3) is 0 Å². The Morgan fingerprint density at radius 2 is 1.28 bits per heavy atom. The van der Waals surface area contributed by atoms with E-state index in [9.17, 15) is 19.2 Å². The highest BCUT2D eigenvalue weighted by molar-refractivity contribution is 5.90. The van der Waals surface area contributed by atoms with Crippen LogP contribution >= 0.6 is 0 Å². The summed E-state index contributed by atoms with van der Waals surface area (Å²) < 4.78 is 11.1. The molecule has 2 aliphatic carbocycles. The van der Waals surface area contributed by atoms with E-state index in [-0.39, 0.29) is 59.8 Å². The quantitative estimate of drug-likeness (QED) is 0.638. The molecule has 2 heterocycles. The first-order valence-electron chi connectivity index (χ1n) is 12.6. The van der Waals surface area contributed by atoms with Gasteiger partial charge in [-0.1, -0.05) is 36.4 Å². The van der Waals surface area contributed by atoms with Gasteiger partial charge in [-0.15, -0.1) is 0 Å². The summed E-state index contributed by atoms with van der Waals surface area (Å²) in [6.07, 6.45) is 3.60. The van der Waals surface area contributed by atoms with Crippen LogP contribution < -0.4 is 10.6 Å². The molecule has 8 heteroatoms. The fraction of sp³-hybridized carbons (Fsp3) is 0.429. The Morgan fingerprint density at radius 1 is 0.722 bits per heavy atom. The van der Waals surface area contributed by atoms with Gasteiger partial charge in [-0.3, -0.25) is 9.59 Å². The number of carbonyl (C=O) groups is 4. The minimum absolute atomic E-state index is 0.0403. The first-order chi connectivity index (χ1) is 17.5. The fourth-order valence-corrected chi connectivity index (χ4v) is 5.80. The van der Waals surface area contributed by atoms with Crippen molar-refractivity contribution in [2.75, 3.05) is 6.54 Å². The van der Waals surface area contributed by atoms with Gasteiger partial charge in [0.15, 0.2) is 0 Å². The van der Waals surface area contributed by atoms with Crippen LogP contribution in [0.4, 0.5) is 0 Å². The zero-order valence-electron chi connectivity index (χ0n) is 19.9. The molecule has 6 atom stereocenters. The summed E-state index contributed by atoms with van der Waals surface area (Å²) >= 11 is 0. The third kappa shape index (κ3) is 5.12. The monoisotopic (exact) mass is 490 g/mol. The van der Waals surface area contributed by atoms with Crippen LogP contribution in [0.5, 0.6) is 0 Å². The molecule has 2 saturated heterocycles. The van der Waals surface area contributed by atoms with Crippen molar-refractivity contribution in [1.82, 2.24) is 10.6 Å². The minimum atomic E-state index is -0.291. The smallest absolute Gasteiger partial charge is 0.338 e. The molecule has 2 aromatic rings. The number of nitrogens with one attached hydrogen (secondary N) is 2. The molecule has 2 N–H and O–H groups in total. The molecule has 0 spiro atoms. The maximum absolute atomic E-state index is 11.9. The predicted octanol–water partition coefficient (Wildman–Crippen LogP) is 2.88. The summed E-state index contributed by atoms with van der Waals surface area (Å²) in [5.74, 6) is -0.0428. The van der Waals surface area contributed by atoms with E-state index < -0.39 is 0 Å². The van der Waals surface area contributed by atoms with E-state index in [2.05, 4.69) is 10.6 Å². The fourth-order valence-electron chi connectivity index (χ4n) is 5.80. The van der Waals surface area contributed by atoms with Gasteiger partial charge in [-0.2, -0.15) is 0 Å². The molecule has 0 aromatic heterocycles. The van der Waals surface area contributed by atoms with E-state index in [1.807, 2.05) is 36.4 Å². The first kappa shape index (κ1) is 24.0. The zero-order chi connectivity index (χ0) is 25.1. The van der Waals surface area contributed by atoms with Crippen LogP contribution in [0, 0.1) is 17.8 Å². The lowest BCUT2D eigenvalue weighted by Crippen LogP contribution is -2.28. The van der Waals surface area contributed by atoms with Crippen molar-refractivity contribution in [3.05, 3.63) is 71.8 Å². The lowest BCUT2D eigenvalue weighted by atomic mass is 9.99.